The second-order valence-electron chi connectivity index (χ2n) is 5.68. The first kappa shape index (κ1) is 18.8. The van der Waals surface area contributed by atoms with Gasteiger partial charge in [0.15, 0.2) is 0 Å². The first-order chi connectivity index (χ1) is 10.8. The van der Waals surface area contributed by atoms with Gasteiger partial charge < -0.3 is 19.7 Å². The number of hydrogen-bond acceptors (Lipinski definition) is 5. The van der Waals surface area contributed by atoms with E-state index in [1.165, 1.54) is 38.5 Å². The third-order valence-corrected chi connectivity index (χ3v) is 3.91. The molecule has 0 aromatic carbocycles. The summed E-state index contributed by atoms with van der Waals surface area (Å²) in [5.74, 6) is 4.51. The van der Waals surface area contributed by atoms with Crippen LogP contribution in [-0.2, 0) is 9.47 Å². The van der Waals surface area contributed by atoms with E-state index >= 15 is 0 Å². The Hall–Kier alpha value is -1.25. The van der Waals surface area contributed by atoms with E-state index in [-0.39, 0.29) is 25.4 Å². The molecule has 0 saturated heterocycles. The van der Waals surface area contributed by atoms with Gasteiger partial charge in [0.1, 0.15) is 25.4 Å². The molecule has 0 spiro atoms. The van der Waals surface area contributed by atoms with Gasteiger partial charge in [0, 0.05) is 0 Å². The summed E-state index contributed by atoms with van der Waals surface area (Å²) in [5, 5.41) is 15.8. The molecule has 22 heavy (non-hydrogen) atoms. The van der Waals surface area contributed by atoms with Gasteiger partial charge in [-0.3, -0.25) is 0 Å². The first-order valence-corrected chi connectivity index (χ1v) is 8.31. The average Bonchev–Trinajstić information content (AvgIpc) is 2.55. The van der Waals surface area contributed by atoms with Crippen molar-refractivity contribution in [1.82, 2.24) is 0 Å². The van der Waals surface area contributed by atoms with Gasteiger partial charge in [-0.15, -0.1) is 0 Å². The zero-order chi connectivity index (χ0) is 16.0. The number of carbonyl (C=O) groups excluding carboxylic acids is 1. The lowest BCUT2D eigenvalue weighted by atomic mass is 9.98. The third-order valence-electron chi connectivity index (χ3n) is 3.91. The van der Waals surface area contributed by atoms with Crippen LogP contribution in [0.1, 0.15) is 64.2 Å². The van der Waals surface area contributed by atoms with Gasteiger partial charge in [0.05, 0.1) is 0 Å². The second kappa shape index (κ2) is 12.3. The minimum Gasteiger partial charge on any atom is -0.431 e. The fourth-order valence-corrected chi connectivity index (χ4v) is 2.78. The maximum atomic E-state index is 11.5. The summed E-state index contributed by atoms with van der Waals surface area (Å²) in [5.41, 5.74) is 0. The Morgan fingerprint density at radius 1 is 0.773 bits per heavy atom. The minimum atomic E-state index is -0.432. The van der Waals surface area contributed by atoms with Crippen LogP contribution in [0.3, 0.4) is 0 Å². The summed E-state index contributed by atoms with van der Waals surface area (Å²) in [7, 11) is 0. The Labute approximate surface area is 133 Å². The van der Waals surface area contributed by atoms with E-state index in [0.717, 1.165) is 25.7 Å². The van der Waals surface area contributed by atoms with Crippen LogP contribution in [0.4, 0.5) is 4.79 Å². The van der Waals surface area contributed by atoms with Crippen molar-refractivity contribution in [1.29, 1.82) is 0 Å². The Balaban J connectivity index is 0.000000346. The van der Waals surface area contributed by atoms with E-state index in [2.05, 4.69) is 11.8 Å². The molecule has 2 aliphatic carbocycles. The van der Waals surface area contributed by atoms with Crippen molar-refractivity contribution in [3.8, 4) is 11.8 Å². The van der Waals surface area contributed by atoms with Crippen molar-refractivity contribution < 1.29 is 24.5 Å². The predicted molar refractivity (Wildman–Crippen MR) is 83.3 cm³/mol. The van der Waals surface area contributed by atoms with Crippen LogP contribution in [0.2, 0.25) is 0 Å². The second-order valence-corrected chi connectivity index (χ2v) is 5.68. The largest absolute Gasteiger partial charge is 0.508 e. The Morgan fingerprint density at radius 3 is 1.45 bits per heavy atom. The molecule has 0 radical (unpaired) electrons. The van der Waals surface area contributed by atoms with E-state index in [9.17, 15) is 4.79 Å². The Kier molecular flexibility index (Phi) is 10.5. The monoisotopic (exact) mass is 312 g/mol. The molecule has 0 atom stereocenters. The number of aliphatic hydroxyl groups is 2. The summed E-state index contributed by atoms with van der Waals surface area (Å²) in [6.07, 6.45) is 11.1. The molecule has 5 nitrogen and oxygen atoms in total. The zero-order valence-corrected chi connectivity index (χ0v) is 13.3. The molecule has 0 bridgehead atoms. The van der Waals surface area contributed by atoms with Crippen LogP contribution < -0.4 is 0 Å². The molecule has 2 N–H and O–H groups in total. The van der Waals surface area contributed by atoms with E-state index in [1.807, 2.05) is 0 Å². The fourth-order valence-electron chi connectivity index (χ4n) is 2.78. The number of ether oxygens (including phenoxy) is 2. The van der Waals surface area contributed by atoms with Crippen molar-refractivity contribution in [2.75, 3.05) is 13.2 Å². The fraction of sp³-hybridized carbons (Fsp3) is 0.824. The molecule has 0 aromatic rings. The van der Waals surface area contributed by atoms with Crippen molar-refractivity contribution in [3.05, 3.63) is 0 Å². The average molecular weight is 312 g/mol. The minimum absolute atomic E-state index is 0.116. The van der Waals surface area contributed by atoms with Gasteiger partial charge in [-0.05, 0) is 51.4 Å². The normalized spacial score (nSPS) is 19.2. The number of carbonyl (C=O) groups is 1. The van der Waals surface area contributed by atoms with Crippen LogP contribution in [-0.4, -0.2) is 41.8 Å². The molecular weight excluding hydrogens is 284 g/mol. The van der Waals surface area contributed by atoms with Gasteiger partial charge in [-0.1, -0.05) is 24.7 Å². The Bertz CT molecular complexity index is 316. The molecule has 0 heterocycles. The summed E-state index contributed by atoms with van der Waals surface area (Å²) < 4.78 is 10.7. The summed E-state index contributed by atoms with van der Waals surface area (Å²) in [6.45, 7) is -0.332. The molecule has 0 aliphatic heterocycles. The molecule has 126 valence electrons. The third kappa shape index (κ3) is 8.91. The highest BCUT2D eigenvalue weighted by Crippen LogP contribution is 2.23. The van der Waals surface area contributed by atoms with Crippen LogP contribution in [0.5, 0.6) is 0 Å². The standard InChI is InChI=1S/C13H22O3.C4H6O2/c14-13(15-11-7-3-1-4-8-11)16-12-9-5-2-6-10-12;5-3-1-2-4-6/h11-12H,1-10H2;5-6H,3-4H2. The Morgan fingerprint density at radius 2 is 1.14 bits per heavy atom. The first-order valence-electron chi connectivity index (χ1n) is 8.31. The molecular formula is C17H28O5. The van der Waals surface area contributed by atoms with E-state index in [4.69, 9.17) is 19.7 Å². The van der Waals surface area contributed by atoms with Gasteiger partial charge in [0.2, 0.25) is 0 Å². The highest BCUT2D eigenvalue weighted by atomic mass is 16.7. The van der Waals surface area contributed by atoms with Crippen LogP contribution in [0.15, 0.2) is 0 Å². The van der Waals surface area contributed by atoms with Crippen molar-refractivity contribution in [2.24, 2.45) is 0 Å². The van der Waals surface area contributed by atoms with Crippen LogP contribution >= 0.6 is 0 Å². The molecule has 0 amide bonds. The van der Waals surface area contributed by atoms with Crippen molar-refractivity contribution in [2.45, 2.75) is 76.4 Å². The lowest BCUT2D eigenvalue weighted by Gasteiger charge is -2.25. The summed E-state index contributed by atoms with van der Waals surface area (Å²) in [6, 6.07) is 0. The maximum absolute atomic E-state index is 11.5. The molecule has 5 heteroatoms. The lowest BCUT2D eigenvalue weighted by Crippen LogP contribution is -2.26. The maximum Gasteiger partial charge on any atom is 0.508 e. The molecule has 2 aliphatic rings. The molecule has 2 fully saturated rings. The van der Waals surface area contributed by atoms with Crippen LogP contribution in [0, 0.1) is 11.8 Å². The smallest absolute Gasteiger partial charge is 0.431 e. The number of hydrogen-bond donors (Lipinski definition) is 2. The van der Waals surface area contributed by atoms with E-state index in [0.29, 0.717) is 0 Å². The van der Waals surface area contributed by atoms with E-state index in [1.54, 1.807) is 0 Å². The summed E-state index contributed by atoms with van der Waals surface area (Å²) in [4.78, 5) is 11.5. The van der Waals surface area contributed by atoms with Crippen molar-refractivity contribution in [3.63, 3.8) is 0 Å². The van der Waals surface area contributed by atoms with Gasteiger partial charge >= 0.3 is 6.16 Å². The predicted octanol–water partition coefficient (Wildman–Crippen LogP) is 2.78. The highest BCUT2D eigenvalue weighted by Gasteiger charge is 2.22. The molecule has 0 aromatic heterocycles. The van der Waals surface area contributed by atoms with Gasteiger partial charge in [-0.2, -0.15) is 0 Å². The highest BCUT2D eigenvalue weighted by molar-refractivity contribution is 5.60. The summed E-state index contributed by atoms with van der Waals surface area (Å²) >= 11 is 0. The number of rotatable bonds is 2. The lowest BCUT2D eigenvalue weighted by molar-refractivity contribution is -0.0189. The van der Waals surface area contributed by atoms with Gasteiger partial charge in [0.25, 0.3) is 0 Å². The SMILES string of the molecule is O=C(OC1CCCCC1)OC1CCCCC1.OCC#CCO. The van der Waals surface area contributed by atoms with Crippen LogP contribution in [0.25, 0.3) is 0 Å². The zero-order valence-electron chi connectivity index (χ0n) is 13.3. The molecule has 2 rings (SSSR count). The molecule has 2 saturated carbocycles. The molecule has 0 unspecified atom stereocenters. The van der Waals surface area contributed by atoms with Crippen molar-refractivity contribution >= 4 is 6.16 Å². The van der Waals surface area contributed by atoms with E-state index < -0.39 is 6.16 Å². The quantitative estimate of drug-likeness (QED) is 0.606. The topological polar surface area (TPSA) is 76.0 Å². The number of aliphatic hydroxyl groups excluding tert-OH is 2. The van der Waals surface area contributed by atoms with Gasteiger partial charge in [-0.25, -0.2) is 4.79 Å².